The Morgan fingerprint density at radius 2 is 2.05 bits per heavy atom. The number of anilines is 1. The number of nitrogens with one attached hydrogen (secondary N) is 1. The van der Waals surface area contributed by atoms with Gasteiger partial charge in [0.05, 0.1) is 19.9 Å². The minimum Gasteiger partial charge on any atom is -0.497 e. The standard InChI is InChI=1S/C15H22N2O4S/c1-21-14-9-5-6-12(10-14)16-15(18)11-17(22(2,19)20)13-7-3-4-8-13/h5-6,9-10,13H,3-4,7-8,11H2,1-2H3,(H,16,18). The maximum absolute atomic E-state index is 12.2. The van der Waals surface area contributed by atoms with Crippen LogP contribution in [0, 0.1) is 0 Å². The fraction of sp³-hybridized carbons (Fsp3) is 0.533. The first-order chi connectivity index (χ1) is 10.4. The van der Waals surface area contributed by atoms with E-state index in [1.54, 1.807) is 31.4 Å². The lowest BCUT2D eigenvalue weighted by molar-refractivity contribution is -0.116. The number of amides is 1. The summed E-state index contributed by atoms with van der Waals surface area (Å²) in [4.78, 5) is 12.2. The minimum absolute atomic E-state index is 0.0638. The molecule has 0 saturated heterocycles. The van der Waals surface area contributed by atoms with Gasteiger partial charge in [0.2, 0.25) is 15.9 Å². The summed E-state index contributed by atoms with van der Waals surface area (Å²) in [6, 6.07) is 6.90. The molecule has 1 aliphatic carbocycles. The van der Waals surface area contributed by atoms with Crippen LogP contribution < -0.4 is 10.1 Å². The minimum atomic E-state index is -3.40. The summed E-state index contributed by atoms with van der Waals surface area (Å²) in [5.41, 5.74) is 0.587. The van der Waals surface area contributed by atoms with Crippen molar-refractivity contribution in [2.45, 2.75) is 31.7 Å². The van der Waals surface area contributed by atoms with E-state index in [9.17, 15) is 13.2 Å². The van der Waals surface area contributed by atoms with Crippen LogP contribution in [-0.4, -0.2) is 44.6 Å². The number of rotatable bonds is 6. The normalized spacial score (nSPS) is 16.0. The zero-order valence-corrected chi connectivity index (χ0v) is 13.7. The predicted octanol–water partition coefficient (Wildman–Crippen LogP) is 1.84. The molecule has 0 aromatic heterocycles. The number of sulfonamides is 1. The fourth-order valence-electron chi connectivity index (χ4n) is 2.75. The average Bonchev–Trinajstić information content (AvgIpc) is 2.97. The first-order valence-corrected chi connectivity index (χ1v) is 9.15. The highest BCUT2D eigenvalue weighted by molar-refractivity contribution is 7.88. The Hall–Kier alpha value is -1.60. The van der Waals surface area contributed by atoms with E-state index in [0.29, 0.717) is 11.4 Å². The number of hydrogen-bond donors (Lipinski definition) is 1. The van der Waals surface area contributed by atoms with Crippen molar-refractivity contribution in [3.63, 3.8) is 0 Å². The Kier molecular flexibility index (Phi) is 5.42. The molecular weight excluding hydrogens is 304 g/mol. The Morgan fingerprint density at radius 3 is 2.64 bits per heavy atom. The molecule has 22 heavy (non-hydrogen) atoms. The number of hydrogen-bond acceptors (Lipinski definition) is 4. The number of benzene rings is 1. The molecule has 1 aromatic carbocycles. The van der Waals surface area contributed by atoms with Gasteiger partial charge in [-0.15, -0.1) is 0 Å². The van der Waals surface area contributed by atoms with Crippen molar-refractivity contribution in [1.29, 1.82) is 0 Å². The van der Waals surface area contributed by atoms with Gasteiger partial charge >= 0.3 is 0 Å². The fourth-order valence-corrected chi connectivity index (χ4v) is 3.86. The van der Waals surface area contributed by atoms with Crippen molar-refractivity contribution in [3.8, 4) is 5.75 Å². The molecule has 0 aliphatic heterocycles. The zero-order valence-electron chi connectivity index (χ0n) is 12.9. The van der Waals surface area contributed by atoms with Crippen molar-refractivity contribution in [3.05, 3.63) is 24.3 Å². The molecule has 0 bridgehead atoms. The van der Waals surface area contributed by atoms with E-state index in [1.165, 1.54) is 4.31 Å². The third-order valence-electron chi connectivity index (χ3n) is 3.81. The lowest BCUT2D eigenvalue weighted by Gasteiger charge is -2.25. The van der Waals surface area contributed by atoms with Gasteiger partial charge in [0.15, 0.2) is 0 Å². The maximum Gasteiger partial charge on any atom is 0.239 e. The molecule has 1 fully saturated rings. The largest absolute Gasteiger partial charge is 0.497 e. The van der Waals surface area contributed by atoms with E-state index >= 15 is 0 Å². The highest BCUT2D eigenvalue weighted by Crippen LogP contribution is 2.25. The van der Waals surface area contributed by atoms with Crippen LogP contribution in [0.2, 0.25) is 0 Å². The monoisotopic (exact) mass is 326 g/mol. The van der Waals surface area contributed by atoms with Crippen LogP contribution in [0.1, 0.15) is 25.7 Å². The van der Waals surface area contributed by atoms with Crippen molar-refractivity contribution >= 4 is 21.6 Å². The van der Waals surface area contributed by atoms with Gasteiger partial charge < -0.3 is 10.1 Å². The van der Waals surface area contributed by atoms with E-state index in [1.807, 2.05) is 0 Å². The highest BCUT2D eigenvalue weighted by atomic mass is 32.2. The molecule has 1 amide bonds. The molecule has 0 radical (unpaired) electrons. The summed E-state index contributed by atoms with van der Waals surface area (Å²) >= 11 is 0. The van der Waals surface area contributed by atoms with Gasteiger partial charge in [0.1, 0.15) is 5.75 Å². The number of ether oxygens (including phenoxy) is 1. The van der Waals surface area contributed by atoms with Crippen LogP contribution >= 0.6 is 0 Å². The summed E-state index contributed by atoms with van der Waals surface area (Å²) < 4.78 is 30.3. The Balaban J connectivity index is 2.04. The molecule has 122 valence electrons. The van der Waals surface area contributed by atoms with Crippen molar-refractivity contribution < 1.29 is 17.9 Å². The molecular formula is C15H22N2O4S. The Bertz CT molecular complexity index is 624. The molecule has 0 heterocycles. The second-order valence-corrected chi connectivity index (χ2v) is 7.46. The van der Waals surface area contributed by atoms with Gasteiger partial charge in [-0.3, -0.25) is 4.79 Å². The van der Waals surface area contributed by atoms with Crippen LogP contribution in [0.4, 0.5) is 5.69 Å². The van der Waals surface area contributed by atoms with Crippen LogP contribution in [0.15, 0.2) is 24.3 Å². The molecule has 7 heteroatoms. The zero-order chi connectivity index (χ0) is 16.2. The summed E-state index contributed by atoms with van der Waals surface area (Å²) in [7, 11) is -1.85. The van der Waals surface area contributed by atoms with Crippen molar-refractivity contribution in [2.75, 3.05) is 25.2 Å². The van der Waals surface area contributed by atoms with Gasteiger partial charge in [-0.2, -0.15) is 4.31 Å². The smallest absolute Gasteiger partial charge is 0.239 e. The van der Waals surface area contributed by atoms with Gasteiger partial charge in [-0.25, -0.2) is 8.42 Å². The topological polar surface area (TPSA) is 75.7 Å². The summed E-state index contributed by atoms with van der Waals surface area (Å²) in [5.74, 6) is 0.291. The molecule has 0 atom stereocenters. The van der Waals surface area contributed by atoms with Crippen LogP contribution in [0.3, 0.4) is 0 Å². The van der Waals surface area contributed by atoms with Gasteiger partial charge in [-0.1, -0.05) is 18.9 Å². The molecule has 1 saturated carbocycles. The van der Waals surface area contributed by atoms with E-state index in [4.69, 9.17) is 4.74 Å². The van der Waals surface area contributed by atoms with E-state index in [2.05, 4.69) is 5.32 Å². The van der Waals surface area contributed by atoms with Crippen molar-refractivity contribution in [1.82, 2.24) is 4.31 Å². The molecule has 2 rings (SSSR count). The molecule has 0 unspecified atom stereocenters. The quantitative estimate of drug-likeness (QED) is 0.865. The molecule has 1 N–H and O–H groups in total. The lowest BCUT2D eigenvalue weighted by Crippen LogP contribution is -2.43. The van der Waals surface area contributed by atoms with E-state index in [0.717, 1.165) is 31.9 Å². The second-order valence-electron chi connectivity index (χ2n) is 5.53. The second kappa shape index (κ2) is 7.11. The summed E-state index contributed by atoms with van der Waals surface area (Å²) in [5, 5.41) is 2.72. The van der Waals surface area contributed by atoms with Crippen LogP contribution in [-0.2, 0) is 14.8 Å². The maximum atomic E-state index is 12.2. The molecule has 0 spiro atoms. The third-order valence-corrected chi connectivity index (χ3v) is 5.09. The van der Waals surface area contributed by atoms with Crippen LogP contribution in [0.25, 0.3) is 0 Å². The Labute approximate surface area is 131 Å². The van der Waals surface area contributed by atoms with E-state index in [-0.39, 0.29) is 18.5 Å². The van der Waals surface area contributed by atoms with Crippen molar-refractivity contribution in [2.24, 2.45) is 0 Å². The number of nitrogens with zero attached hydrogens (tertiary/aromatic N) is 1. The number of methoxy groups -OCH3 is 1. The van der Waals surface area contributed by atoms with Gasteiger partial charge in [-0.05, 0) is 25.0 Å². The Morgan fingerprint density at radius 1 is 1.36 bits per heavy atom. The average molecular weight is 326 g/mol. The number of carbonyl (C=O) groups is 1. The first kappa shape index (κ1) is 16.8. The molecule has 6 nitrogen and oxygen atoms in total. The first-order valence-electron chi connectivity index (χ1n) is 7.31. The van der Waals surface area contributed by atoms with Crippen LogP contribution in [0.5, 0.6) is 5.75 Å². The summed E-state index contributed by atoms with van der Waals surface area (Å²) in [6.45, 7) is -0.152. The van der Waals surface area contributed by atoms with E-state index < -0.39 is 10.0 Å². The third kappa shape index (κ3) is 4.45. The predicted molar refractivity (Wildman–Crippen MR) is 85.4 cm³/mol. The lowest BCUT2D eigenvalue weighted by atomic mass is 10.2. The molecule has 1 aromatic rings. The summed E-state index contributed by atoms with van der Waals surface area (Å²) in [6.07, 6.45) is 4.81. The SMILES string of the molecule is COc1cccc(NC(=O)CN(C2CCCC2)S(C)(=O)=O)c1. The van der Waals surface area contributed by atoms with Gasteiger partial charge in [0.25, 0.3) is 0 Å². The highest BCUT2D eigenvalue weighted by Gasteiger charge is 2.30. The molecule has 1 aliphatic rings. The van der Waals surface area contributed by atoms with Gasteiger partial charge in [0, 0.05) is 17.8 Å². The number of carbonyl (C=O) groups excluding carboxylic acids is 1.